The molecule has 0 bridgehead atoms. The highest BCUT2D eigenvalue weighted by Crippen LogP contribution is 2.37. The maximum Gasteiger partial charge on any atom is 0.294 e. The number of thioether (sulfide) groups is 1. The topological polar surface area (TPSA) is 66.8 Å². The molecule has 1 heterocycles. The minimum atomic E-state index is -0.425. The SMILES string of the molecule is C#CCN1C(=O)S/C(=C\c2cc(Br)c(O)c(OC)c2)C1=O. The van der Waals surface area contributed by atoms with E-state index in [1.807, 2.05) is 0 Å². The molecule has 0 atom stereocenters. The third-order valence-corrected chi connectivity index (χ3v) is 4.20. The van der Waals surface area contributed by atoms with E-state index in [1.165, 1.54) is 7.11 Å². The molecular weight excluding hydrogens is 358 g/mol. The maximum absolute atomic E-state index is 12.0. The Morgan fingerprint density at radius 2 is 2.24 bits per heavy atom. The summed E-state index contributed by atoms with van der Waals surface area (Å²) in [6, 6.07) is 3.18. The number of rotatable bonds is 3. The number of halogens is 1. The first kappa shape index (κ1) is 15.5. The Balaban J connectivity index is 2.37. The van der Waals surface area contributed by atoms with Crippen molar-refractivity contribution in [1.29, 1.82) is 0 Å². The second kappa shape index (κ2) is 6.24. The number of phenolic OH excluding ortho intramolecular Hbond substituents is 1. The number of methoxy groups -OCH3 is 1. The largest absolute Gasteiger partial charge is 0.503 e. The van der Waals surface area contributed by atoms with Crippen LogP contribution in [0.25, 0.3) is 6.08 Å². The van der Waals surface area contributed by atoms with Gasteiger partial charge in [0.2, 0.25) is 0 Å². The Morgan fingerprint density at radius 3 is 2.86 bits per heavy atom. The molecule has 0 unspecified atom stereocenters. The lowest BCUT2D eigenvalue weighted by Gasteiger charge is -2.07. The first-order valence-electron chi connectivity index (χ1n) is 5.73. The minimum absolute atomic E-state index is 0.0323. The summed E-state index contributed by atoms with van der Waals surface area (Å²) >= 11 is 4.02. The number of phenols is 1. The Hall–Kier alpha value is -1.91. The molecule has 108 valence electrons. The normalized spacial score (nSPS) is 16.4. The molecule has 1 fully saturated rings. The number of terminal acetylenes is 1. The zero-order chi connectivity index (χ0) is 15.6. The fourth-order valence-electron chi connectivity index (χ4n) is 1.71. The lowest BCUT2D eigenvalue weighted by atomic mass is 10.2. The first-order chi connectivity index (χ1) is 9.97. The van der Waals surface area contributed by atoms with Crippen molar-refractivity contribution >= 4 is 44.9 Å². The van der Waals surface area contributed by atoms with Crippen molar-refractivity contribution in [3.05, 3.63) is 27.1 Å². The number of benzene rings is 1. The van der Waals surface area contributed by atoms with Gasteiger partial charge in [-0.15, -0.1) is 6.42 Å². The average molecular weight is 368 g/mol. The van der Waals surface area contributed by atoms with Gasteiger partial charge in [0.1, 0.15) is 0 Å². The van der Waals surface area contributed by atoms with Crippen molar-refractivity contribution in [3.8, 4) is 23.8 Å². The van der Waals surface area contributed by atoms with Crippen LogP contribution in [0.5, 0.6) is 11.5 Å². The van der Waals surface area contributed by atoms with E-state index in [-0.39, 0.29) is 22.9 Å². The zero-order valence-electron chi connectivity index (χ0n) is 10.9. The van der Waals surface area contributed by atoms with E-state index in [9.17, 15) is 14.7 Å². The van der Waals surface area contributed by atoms with Crippen LogP contribution in [0.3, 0.4) is 0 Å². The van der Waals surface area contributed by atoms with E-state index in [2.05, 4.69) is 21.9 Å². The molecule has 0 spiro atoms. The Labute approximate surface area is 134 Å². The average Bonchev–Trinajstić information content (AvgIpc) is 2.70. The highest BCUT2D eigenvalue weighted by atomic mass is 79.9. The number of imide groups is 1. The second-order valence-electron chi connectivity index (χ2n) is 4.03. The molecule has 1 aromatic rings. The van der Waals surface area contributed by atoms with Crippen LogP contribution in [-0.4, -0.2) is 34.8 Å². The number of carbonyl (C=O) groups is 2. The Kier molecular flexibility index (Phi) is 4.60. The van der Waals surface area contributed by atoms with Gasteiger partial charge < -0.3 is 9.84 Å². The maximum atomic E-state index is 12.0. The van der Waals surface area contributed by atoms with Crippen molar-refractivity contribution in [2.24, 2.45) is 0 Å². The monoisotopic (exact) mass is 367 g/mol. The van der Waals surface area contributed by atoms with E-state index < -0.39 is 11.1 Å². The van der Waals surface area contributed by atoms with Gasteiger partial charge in [0, 0.05) is 0 Å². The van der Waals surface area contributed by atoms with Crippen LogP contribution >= 0.6 is 27.7 Å². The van der Waals surface area contributed by atoms with Crippen LogP contribution in [0.15, 0.2) is 21.5 Å². The molecule has 5 nitrogen and oxygen atoms in total. The summed E-state index contributed by atoms with van der Waals surface area (Å²) in [5, 5.41) is 9.35. The molecule has 0 aliphatic carbocycles. The number of hydrogen-bond donors (Lipinski definition) is 1. The third-order valence-electron chi connectivity index (χ3n) is 2.69. The highest BCUT2D eigenvalue weighted by molar-refractivity contribution is 9.10. The van der Waals surface area contributed by atoms with Crippen molar-refractivity contribution in [2.75, 3.05) is 13.7 Å². The third kappa shape index (κ3) is 3.06. The fourth-order valence-corrected chi connectivity index (χ4v) is 3.01. The molecule has 1 aromatic carbocycles. The highest BCUT2D eigenvalue weighted by Gasteiger charge is 2.34. The number of hydrogen-bond acceptors (Lipinski definition) is 5. The summed E-state index contributed by atoms with van der Waals surface area (Å²) in [7, 11) is 1.42. The van der Waals surface area contributed by atoms with E-state index >= 15 is 0 Å². The number of aromatic hydroxyl groups is 1. The van der Waals surface area contributed by atoms with E-state index in [1.54, 1.807) is 18.2 Å². The molecule has 0 radical (unpaired) electrons. The second-order valence-corrected chi connectivity index (χ2v) is 5.87. The molecule has 7 heteroatoms. The zero-order valence-corrected chi connectivity index (χ0v) is 13.3. The Bertz CT molecular complexity index is 693. The van der Waals surface area contributed by atoms with Gasteiger partial charge in [-0.1, -0.05) is 5.92 Å². The molecule has 1 saturated heterocycles. The standard InChI is InChI=1S/C14H10BrNO4S/c1-3-4-16-13(18)11(21-14(16)19)7-8-5-9(15)12(17)10(6-8)20-2/h1,5-7,17H,4H2,2H3/b11-7-. The fraction of sp³-hybridized carbons (Fsp3) is 0.143. The van der Waals surface area contributed by atoms with E-state index in [0.717, 1.165) is 16.7 Å². The van der Waals surface area contributed by atoms with E-state index in [0.29, 0.717) is 10.0 Å². The predicted molar refractivity (Wildman–Crippen MR) is 83.9 cm³/mol. The predicted octanol–water partition coefficient (Wildman–Crippen LogP) is 2.83. The van der Waals surface area contributed by atoms with Gasteiger partial charge in [-0.2, -0.15) is 0 Å². The lowest BCUT2D eigenvalue weighted by Crippen LogP contribution is -2.28. The number of ether oxygens (including phenoxy) is 1. The van der Waals surface area contributed by atoms with Crippen molar-refractivity contribution in [2.45, 2.75) is 0 Å². The summed E-state index contributed by atoms with van der Waals surface area (Å²) in [5.41, 5.74) is 0.614. The summed E-state index contributed by atoms with van der Waals surface area (Å²) in [6.07, 6.45) is 6.68. The van der Waals surface area contributed by atoms with Gasteiger partial charge >= 0.3 is 0 Å². The van der Waals surface area contributed by atoms with Crippen LogP contribution in [0, 0.1) is 12.3 Å². The summed E-state index contributed by atoms with van der Waals surface area (Å²) in [5.74, 6) is 2.08. The lowest BCUT2D eigenvalue weighted by molar-refractivity contribution is -0.122. The molecule has 0 saturated carbocycles. The number of carbonyl (C=O) groups excluding carboxylic acids is 2. The molecule has 2 amide bonds. The van der Waals surface area contributed by atoms with Gasteiger partial charge in [0.25, 0.3) is 11.1 Å². The van der Waals surface area contributed by atoms with Gasteiger partial charge in [0.05, 0.1) is 23.0 Å². The van der Waals surface area contributed by atoms with Crippen molar-refractivity contribution in [1.82, 2.24) is 4.90 Å². The molecule has 2 rings (SSSR count). The van der Waals surface area contributed by atoms with Crippen LogP contribution < -0.4 is 4.74 Å². The number of amides is 2. The molecule has 21 heavy (non-hydrogen) atoms. The van der Waals surface area contributed by atoms with Gasteiger partial charge in [0.15, 0.2) is 11.5 Å². The van der Waals surface area contributed by atoms with Crippen LogP contribution in [0.2, 0.25) is 0 Å². The van der Waals surface area contributed by atoms with Gasteiger partial charge in [-0.3, -0.25) is 14.5 Å². The van der Waals surface area contributed by atoms with Gasteiger partial charge in [-0.05, 0) is 51.5 Å². The van der Waals surface area contributed by atoms with Crippen LogP contribution in [0.4, 0.5) is 4.79 Å². The van der Waals surface area contributed by atoms with Crippen molar-refractivity contribution in [3.63, 3.8) is 0 Å². The van der Waals surface area contributed by atoms with Crippen LogP contribution in [0.1, 0.15) is 5.56 Å². The molecule has 1 N–H and O–H groups in total. The number of nitrogens with zero attached hydrogens (tertiary/aromatic N) is 1. The van der Waals surface area contributed by atoms with Crippen LogP contribution in [-0.2, 0) is 4.79 Å². The van der Waals surface area contributed by atoms with E-state index in [4.69, 9.17) is 11.2 Å². The quantitative estimate of drug-likeness (QED) is 0.657. The molecular formula is C14H10BrNO4S. The first-order valence-corrected chi connectivity index (χ1v) is 7.34. The summed E-state index contributed by atoms with van der Waals surface area (Å²) in [4.78, 5) is 25.0. The van der Waals surface area contributed by atoms with Crippen molar-refractivity contribution < 1.29 is 19.4 Å². The molecule has 0 aromatic heterocycles. The summed E-state index contributed by atoms with van der Waals surface area (Å²) < 4.78 is 5.46. The molecule has 1 aliphatic rings. The minimum Gasteiger partial charge on any atom is -0.503 e. The smallest absolute Gasteiger partial charge is 0.294 e. The van der Waals surface area contributed by atoms with Gasteiger partial charge in [-0.25, -0.2) is 0 Å². The Morgan fingerprint density at radius 1 is 1.52 bits per heavy atom. The molecule has 1 aliphatic heterocycles. The summed E-state index contributed by atoms with van der Waals surface area (Å²) in [6.45, 7) is -0.0510.